The Hall–Kier alpha value is -1.12. The molecule has 1 heterocycles. The Balaban J connectivity index is 2.64. The predicted octanol–water partition coefficient (Wildman–Crippen LogP) is 1.64. The molecule has 1 N–H and O–H groups in total. The summed E-state index contributed by atoms with van der Waals surface area (Å²) in [7, 11) is 0. The summed E-state index contributed by atoms with van der Waals surface area (Å²) in [6.45, 7) is 1.87. The Kier molecular flexibility index (Phi) is 1.63. The molecule has 0 aromatic rings. The fourth-order valence-electron chi connectivity index (χ4n) is 0.553. The van der Waals surface area contributed by atoms with Crippen LogP contribution in [0.4, 0.5) is 0 Å². The van der Waals surface area contributed by atoms with Crippen LogP contribution in [0.3, 0.4) is 0 Å². The van der Waals surface area contributed by atoms with Crippen LogP contribution in [0.5, 0.6) is 0 Å². The molecule has 0 aliphatic carbocycles. The van der Waals surface area contributed by atoms with E-state index < -0.39 is 0 Å². The molecule has 0 fully saturated rings. The molecule has 0 radical (unpaired) electrons. The van der Waals surface area contributed by atoms with Crippen molar-refractivity contribution in [3.8, 4) is 0 Å². The molecule has 3 heteroatoms. The molecule has 50 valence electrons. The van der Waals surface area contributed by atoms with E-state index in [0.29, 0.717) is 12.2 Å². The van der Waals surface area contributed by atoms with Crippen molar-refractivity contribution in [3.63, 3.8) is 0 Å². The highest BCUT2D eigenvalue weighted by atomic mass is 16.6. The van der Waals surface area contributed by atoms with E-state index in [1.807, 2.05) is 6.92 Å². The van der Waals surface area contributed by atoms with E-state index in [1.54, 1.807) is 0 Å². The van der Waals surface area contributed by atoms with Crippen molar-refractivity contribution in [2.24, 2.45) is 0 Å². The number of rotatable bonds is 1. The Morgan fingerprint density at radius 2 is 2.11 bits per heavy atom. The van der Waals surface area contributed by atoms with Crippen LogP contribution in [0.25, 0.3) is 0 Å². The first-order chi connectivity index (χ1) is 4.34. The van der Waals surface area contributed by atoms with E-state index in [4.69, 9.17) is 9.84 Å². The van der Waals surface area contributed by atoms with Crippen LogP contribution in [-0.2, 0) is 9.47 Å². The van der Waals surface area contributed by atoms with Crippen molar-refractivity contribution in [2.75, 3.05) is 0 Å². The number of aliphatic hydroxyl groups is 1. The van der Waals surface area contributed by atoms with Gasteiger partial charge in [0, 0.05) is 6.42 Å². The van der Waals surface area contributed by atoms with Gasteiger partial charge in [-0.05, 0) is 0 Å². The van der Waals surface area contributed by atoms with Crippen molar-refractivity contribution in [2.45, 2.75) is 13.3 Å². The highest BCUT2D eigenvalue weighted by Gasteiger charge is 2.07. The summed E-state index contributed by atoms with van der Waals surface area (Å²) in [6, 6.07) is 0. The van der Waals surface area contributed by atoms with Crippen molar-refractivity contribution in [3.05, 3.63) is 24.2 Å². The summed E-state index contributed by atoms with van der Waals surface area (Å²) in [6.07, 6.45) is 3.31. The van der Waals surface area contributed by atoms with Gasteiger partial charge in [0.05, 0.1) is 0 Å². The van der Waals surface area contributed by atoms with E-state index in [1.165, 1.54) is 12.5 Å². The topological polar surface area (TPSA) is 38.7 Å². The quantitative estimate of drug-likeness (QED) is 0.583. The fraction of sp³-hybridized carbons (Fsp3) is 0.333. The lowest BCUT2D eigenvalue weighted by atomic mass is 10.4. The average Bonchev–Trinajstić information content (AvgIpc) is 1.89. The molecule has 0 amide bonds. The normalized spacial score (nSPS) is 17.0. The van der Waals surface area contributed by atoms with Gasteiger partial charge in [-0.2, -0.15) is 0 Å². The first kappa shape index (κ1) is 6.01. The minimum Gasteiger partial charge on any atom is -0.478 e. The second kappa shape index (κ2) is 2.44. The molecule has 0 bridgehead atoms. The SMILES string of the molecule is CCC1=C(O)OC=CO1. The van der Waals surface area contributed by atoms with Crippen LogP contribution in [0.15, 0.2) is 24.2 Å². The summed E-state index contributed by atoms with van der Waals surface area (Å²) in [4.78, 5) is 0. The van der Waals surface area contributed by atoms with E-state index in [0.717, 1.165) is 0 Å². The third kappa shape index (κ3) is 1.16. The molecule has 0 aromatic heterocycles. The molecule has 9 heavy (non-hydrogen) atoms. The van der Waals surface area contributed by atoms with Gasteiger partial charge in [0.25, 0.3) is 0 Å². The van der Waals surface area contributed by atoms with Gasteiger partial charge in [-0.1, -0.05) is 6.92 Å². The fourth-order valence-corrected chi connectivity index (χ4v) is 0.553. The van der Waals surface area contributed by atoms with E-state index in [2.05, 4.69) is 4.74 Å². The maximum atomic E-state index is 8.85. The Morgan fingerprint density at radius 1 is 1.44 bits per heavy atom. The predicted molar refractivity (Wildman–Crippen MR) is 31.3 cm³/mol. The zero-order valence-electron chi connectivity index (χ0n) is 5.13. The highest BCUT2D eigenvalue weighted by molar-refractivity contribution is 4.98. The van der Waals surface area contributed by atoms with E-state index in [-0.39, 0.29) is 5.95 Å². The summed E-state index contributed by atoms with van der Waals surface area (Å²) < 4.78 is 9.47. The minimum absolute atomic E-state index is 0.139. The van der Waals surface area contributed by atoms with Crippen LogP contribution in [0.1, 0.15) is 13.3 Å². The second-order valence-corrected chi connectivity index (χ2v) is 1.59. The van der Waals surface area contributed by atoms with Crippen molar-refractivity contribution in [1.29, 1.82) is 0 Å². The molecule has 0 spiro atoms. The standard InChI is InChI=1S/C6H8O3/c1-2-5-6(7)9-4-3-8-5/h3-4,7H,2H2,1H3. The maximum Gasteiger partial charge on any atom is 0.322 e. The van der Waals surface area contributed by atoms with Gasteiger partial charge in [-0.3, -0.25) is 0 Å². The lowest BCUT2D eigenvalue weighted by Gasteiger charge is -2.09. The maximum absolute atomic E-state index is 8.85. The van der Waals surface area contributed by atoms with Crippen LogP contribution in [-0.4, -0.2) is 5.11 Å². The molecule has 0 atom stereocenters. The molecule has 1 rings (SSSR count). The van der Waals surface area contributed by atoms with Crippen LogP contribution >= 0.6 is 0 Å². The number of aliphatic hydroxyl groups excluding tert-OH is 1. The largest absolute Gasteiger partial charge is 0.478 e. The third-order valence-corrected chi connectivity index (χ3v) is 1.01. The van der Waals surface area contributed by atoms with Crippen molar-refractivity contribution in [1.82, 2.24) is 0 Å². The molecule has 1 aliphatic heterocycles. The first-order valence-electron chi connectivity index (χ1n) is 2.75. The van der Waals surface area contributed by atoms with Gasteiger partial charge >= 0.3 is 5.95 Å². The molecule has 1 aliphatic rings. The number of ether oxygens (including phenoxy) is 2. The summed E-state index contributed by atoms with van der Waals surface area (Å²) >= 11 is 0. The van der Waals surface area contributed by atoms with Gasteiger partial charge in [0.15, 0.2) is 5.76 Å². The zero-order chi connectivity index (χ0) is 6.69. The lowest BCUT2D eigenvalue weighted by molar-refractivity contribution is 0.107. The molecule has 0 saturated carbocycles. The van der Waals surface area contributed by atoms with Crippen LogP contribution < -0.4 is 0 Å². The second-order valence-electron chi connectivity index (χ2n) is 1.59. The molecular formula is C6H8O3. The van der Waals surface area contributed by atoms with Gasteiger partial charge in [-0.25, -0.2) is 0 Å². The molecule has 3 nitrogen and oxygen atoms in total. The van der Waals surface area contributed by atoms with Gasteiger partial charge in [-0.15, -0.1) is 0 Å². The smallest absolute Gasteiger partial charge is 0.322 e. The number of allylic oxidation sites excluding steroid dienone is 1. The van der Waals surface area contributed by atoms with Gasteiger partial charge in [0.1, 0.15) is 12.5 Å². The Labute approximate surface area is 53.2 Å². The van der Waals surface area contributed by atoms with Crippen molar-refractivity contribution < 1.29 is 14.6 Å². The molecule has 0 aromatic carbocycles. The Morgan fingerprint density at radius 3 is 2.56 bits per heavy atom. The average molecular weight is 128 g/mol. The van der Waals surface area contributed by atoms with Crippen LogP contribution in [0.2, 0.25) is 0 Å². The molecular weight excluding hydrogens is 120 g/mol. The summed E-state index contributed by atoms with van der Waals surface area (Å²) in [5, 5.41) is 8.85. The molecule has 0 saturated heterocycles. The zero-order valence-corrected chi connectivity index (χ0v) is 5.13. The first-order valence-corrected chi connectivity index (χ1v) is 2.75. The van der Waals surface area contributed by atoms with E-state index in [9.17, 15) is 0 Å². The van der Waals surface area contributed by atoms with Crippen LogP contribution in [0, 0.1) is 0 Å². The number of hydrogen-bond acceptors (Lipinski definition) is 3. The number of hydrogen-bond donors (Lipinski definition) is 1. The highest BCUT2D eigenvalue weighted by Crippen LogP contribution is 2.13. The van der Waals surface area contributed by atoms with Gasteiger partial charge < -0.3 is 14.6 Å². The third-order valence-electron chi connectivity index (χ3n) is 1.01. The summed E-state index contributed by atoms with van der Waals surface area (Å²) in [5.74, 6) is 0.331. The van der Waals surface area contributed by atoms with Gasteiger partial charge in [0.2, 0.25) is 0 Å². The van der Waals surface area contributed by atoms with E-state index >= 15 is 0 Å². The monoisotopic (exact) mass is 128 g/mol. The summed E-state index contributed by atoms with van der Waals surface area (Å²) in [5.41, 5.74) is 0. The lowest BCUT2D eigenvalue weighted by Crippen LogP contribution is -1.98. The Bertz CT molecular complexity index is 158. The van der Waals surface area contributed by atoms with Crippen molar-refractivity contribution >= 4 is 0 Å². The molecule has 0 unspecified atom stereocenters. The minimum atomic E-state index is -0.139.